The number of fused-ring (bicyclic) bond motifs is 1. The van der Waals surface area contributed by atoms with Crippen LogP contribution in [-0.4, -0.2) is 4.98 Å². The molecule has 0 unspecified atom stereocenters. The maximum atomic E-state index is 13.6. The van der Waals surface area contributed by atoms with Crippen LogP contribution in [0.1, 0.15) is 0 Å². The average molecular weight is 283 g/mol. The second-order valence-electron chi connectivity index (χ2n) is 3.82. The highest BCUT2D eigenvalue weighted by molar-refractivity contribution is 7.21. The van der Waals surface area contributed by atoms with Crippen molar-refractivity contribution in [2.45, 2.75) is 0 Å². The topological polar surface area (TPSA) is 12.9 Å². The standard InChI is InChI=1S/C13H5F4NS/c14-7-8(15)10(17)12-11(9(7)16)18-13(19-12)6-4-2-1-3-5-6/h1-5H. The third-order valence-electron chi connectivity index (χ3n) is 2.63. The van der Waals surface area contributed by atoms with Gasteiger partial charge in [0.1, 0.15) is 10.5 Å². The Balaban J connectivity index is 2.33. The molecule has 19 heavy (non-hydrogen) atoms. The molecule has 0 saturated heterocycles. The van der Waals surface area contributed by atoms with Crippen molar-refractivity contribution < 1.29 is 17.6 Å². The van der Waals surface area contributed by atoms with Crippen molar-refractivity contribution in [3.05, 3.63) is 53.6 Å². The second kappa shape index (κ2) is 4.31. The molecule has 3 rings (SSSR count). The smallest absolute Gasteiger partial charge is 0.199 e. The van der Waals surface area contributed by atoms with Crippen molar-refractivity contribution in [2.24, 2.45) is 0 Å². The number of hydrogen-bond acceptors (Lipinski definition) is 2. The normalized spacial score (nSPS) is 11.2. The largest absolute Gasteiger partial charge is 0.233 e. The van der Waals surface area contributed by atoms with Gasteiger partial charge in [-0.15, -0.1) is 11.3 Å². The first kappa shape index (κ1) is 12.1. The van der Waals surface area contributed by atoms with Crippen molar-refractivity contribution >= 4 is 21.6 Å². The second-order valence-corrected chi connectivity index (χ2v) is 4.82. The number of aromatic nitrogens is 1. The molecule has 96 valence electrons. The molecule has 0 radical (unpaired) electrons. The van der Waals surface area contributed by atoms with Crippen LogP contribution < -0.4 is 0 Å². The summed E-state index contributed by atoms with van der Waals surface area (Å²) in [4.78, 5) is 3.84. The third-order valence-corrected chi connectivity index (χ3v) is 3.73. The number of thiazole rings is 1. The highest BCUT2D eigenvalue weighted by atomic mass is 32.1. The van der Waals surface area contributed by atoms with Crippen LogP contribution in [0.5, 0.6) is 0 Å². The van der Waals surface area contributed by atoms with E-state index >= 15 is 0 Å². The van der Waals surface area contributed by atoms with Gasteiger partial charge in [-0.05, 0) is 0 Å². The lowest BCUT2D eigenvalue weighted by Crippen LogP contribution is -1.96. The first-order chi connectivity index (χ1) is 9.09. The average Bonchev–Trinajstić information content (AvgIpc) is 2.89. The Hall–Kier alpha value is -1.95. The zero-order valence-corrected chi connectivity index (χ0v) is 10.1. The molecule has 0 aliphatic rings. The molecule has 1 aromatic heterocycles. The van der Waals surface area contributed by atoms with Crippen LogP contribution in [0.2, 0.25) is 0 Å². The van der Waals surface area contributed by atoms with E-state index in [1.807, 2.05) is 0 Å². The molecule has 0 amide bonds. The SMILES string of the molecule is Fc1c(F)c(F)c2sc(-c3ccccc3)nc2c1F. The molecule has 0 N–H and O–H groups in total. The molecule has 3 aromatic rings. The Morgan fingerprint density at radius 1 is 0.789 bits per heavy atom. The number of halogens is 4. The molecule has 0 bridgehead atoms. The lowest BCUT2D eigenvalue weighted by Gasteiger charge is -1.97. The molecule has 1 heterocycles. The van der Waals surface area contributed by atoms with Gasteiger partial charge >= 0.3 is 0 Å². The van der Waals surface area contributed by atoms with Gasteiger partial charge in [0.15, 0.2) is 23.3 Å². The minimum Gasteiger partial charge on any atom is -0.233 e. The lowest BCUT2D eigenvalue weighted by atomic mass is 10.2. The van der Waals surface area contributed by atoms with Crippen molar-refractivity contribution in [2.75, 3.05) is 0 Å². The molecule has 0 saturated carbocycles. The fourth-order valence-electron chi connectivity index (χ4n) is 1.72. The van der Waals surface area contributed by atoms with Gasteiger partial charge in [0.25, 0.3) is 0 Å². The summed E-state index contributed by atoms with van der Waals surface area (Å²) in [5.41, 5.74) is 0.142. The van der Waals surface area contributed by atoms with Gasteiger partial charge < -0.3 is 0 Å². The zero-order chi connectivity index (χ0) is 13.6. The van der Waals surface area contributed by atoms with Crippen LogP contribution in [0.4, 0.5) is 17.6 Å². The summed E-state index contributed by atoms with van der Waals surface area (Å²) in [6.07, 6.45) is 0. The van der Waals surface area contributed by atoms with Gasteiger partial charge in [-0.3, -0.25) is 0 Å². The van der Waals surface area contributed by atoms with E-state index in [0.717, 1.165) is 11.3 Å². The Morgan fingerprint density at radius 3 is 2.11 bits per heavy atom. The monoisotopic (exact) mass is 283 g/mol. The van der Waals surface area contributed by atoms with Crippen LogP contribution in [0.3, 0.4) is 0 Å². The van der Waals surface area contributed by atoms with Crippen LogP contribution in [0, 0.1) is 23.3 Å². The molecular weight excluding hydrogens is 278 g/mol. The molecule has 0 spiro atoms. The molecule has 0 aliphatic carbocycles. The van der Waals surface area contributed by atoms with Crippen LogP contribution in [0.15, 0.2) is 30.3 Å². The first-order valence-corrected chi connectivity index (χ1v) is 6.09. The van der Waals surface area contributed by atoms with E-state index in [-0.39, 0.29) is 4.70 Å². The quantitative estimate of drug-likeness (QED) is 0.363. The number of hydrogen-bond donors (Lipinski definition) is 0. The molecular formula is C13H5F4NS. The van der Waals surface area contributed by atoms with Crippen LogP contribution in [0.25, 0.3) is 20.8 Å². The Labute approximate surface area is 109 Å². The molecule has 0 atom stereocenters. The van der Waals surface area contributed by atoms with Crippen molar-refractivity contribution in [1.82, 2.24) is 4.98 Å². The molecule has 0 aliphatic heterocycles. The van der Waals surface area contributed by atoms with Gasteiger partial charge in [-0.2, -0.15) is 0 Å². The van der Waals surface area contributed by atoms with Gasteiger partial charge in [-0.1, -0.05) is 30.3 Å². The van der Waals surface area contributed by atoms with Crippen molar-refractivity contribution in [1.29, 1.82) is 0 Å². The van der Waals surface area contributed by atoms with Gasteiger partial charge in [0, 0.05) is 5.56 Å². The molecule has 0 fully saturated rings. The van der Waals surface area contributed by atoms with E-state index in [0.29, 0.717) is 10.6 Å². The molecule has 2 aromatic carbocycles. The Kier molecular flexibility index (Phi) is 2.74. The Morgan fingerprint density at radius 2 is 1.42 bits per heavy atom. The minimum absolute atomic E-state index is 0.304. The summed E-state index contributed by atoms with van der Waals surface area (Å²) in [6.45, 7) is 0. The summed E-state index contributed by atoms with van der Waals surface area (Å²) >= 11 is 0.781. The van der Waals surface area contributed by atoms with E-state index in [2.05, 4.69) is 4.98 Å². The Bertz CT molecular complexity index is 722. The van der Waals surface area contributed by atoms with Gasteiger partial charge in [0.05, 0.1) is 4.70 Å². The number of nitrogens with zero attached hydrogens (tertiary/aromatic N) is 1. The zero-order valence-electron chi connectivity index (χ0n) is 9.25. The number of benzene rings is 2. The minimum atomic E-state index is -1.84. The maximum Gasteiger partial charge on any atom is 0.199 e. The van der Waals surface area contributed by atoms with Gasteiger partial charge in [-0.25, -0.2) is 22.5 Å². The molecule has 6 heteroatoms. The van der Waals surface area contributed by atoms with Crippen molar-refractivity contribution in [3.8, 4) is 10.6 Å². The molecule has 1 nitrogen and oxygen atoms in total. The summed E-state index contributed by atoms with van der Waals surface area (Å²) < 4.78 is 53.0. The van der Waals surface area contributed by atoms with Crippen molar-refractivity contribution in [3.63, 3.8) is 0 Å². The van der Waals surface area contributed by atoms with E-state index in [1.54, 1.807) is 30.3 Å². The number of rotatable bonds is 1. The van der Waals surface area contributed by atoms with E-state index in [1.165, 1.54) is 0 Å². The lowest BCUT2D eigenvalue weighted by molar-refractivity contribution is 0.418. The van der Waals surface area contributed by atoms with E-state index < -0.39 is 28.8 Å². The predicted molar refractivity (Wildman–Crippen MR) is 64.9 cm³/mol. The van der Waals surface area contributed by atoms with Crippen LogP contribution >= 0.6 is 11.3 Å². The first-order valence-electron chi connectivity index (χ1n) is 5.27. The maximum absolute atomic E-state index is 13.6. The highest BCUT2D eigenvalue weighted by Crippen LogP contribution is 2.35. The summed E-state index contributed by atoms with van der Waals surface area (Å²) in [6, 6.07) is 8.63. The van der Waals surface area contributed by atoms with Crippen LogP contribution in [-0.2, 0) is 0 Å². The third kappa shape index (κ3) is 1.79. The summed E-state index contributed by atoms with van der Waals surface area (Å²) in [5, 5.41) is 0.304. The summed E-state index contributed by atoms with van der Waals surface area (Å²) in [5.74, 6) is -6.52. The van der Waals surface area contributed by atoms with E-state index in [9.17, 15) is 17.6 Å². The highest BCUT2D eigenvalue weighted by Gasteiger charge is 2.23. The summed E-state index contributed by atoms with van der Waals surface area (Å²) in [7, 11) is 0. The fraction of sp³-hybridized carbons (Fsp3) is 0. The van der Waals surface area contributed by atoms with E-state index in [4.69, 9.17) is 0 Å². The van der Waals surface area contributed by atoms with Gasteiger partial charge in [0.2, 0.25) is 0 Å². The fourth-order valence-corrected chi connectivity index (χ4v) is 2.71. The predicted octanol–water partition coefficient (Wildman–Crippen LogP) is 4.52.